The second-order valence-electron chi connectivity index (χ2n) is 11.3. The maximum Gasteiger partial charge on any atom is 0.305 e. The summed E-state index contributed by atoms with van der Waals surface area (Å²) in [6.07, 6.45) is 20.4. The van der Waals surface area contributed by atoms with Gasteiger partial charge < -0.3 is 28.1 Å². The third kappa shape index (κ3) is 35.5. The summed E-state index contributed by atoms with van der Waals surface area (Å²) in [5.41, 5.74) is 0. The van der Waals surface area contributed by atoms with E-state index in [-0.39, 0.29) is 5.97 Å². The van der Waals surface area contributed by atoms with Gasteiger partial charge in [0.25, 0.3) is 0 Å². The summed E-state index contributed by atoms with van der Waals surface area (Å²) in [5, 5.41) is 0. The molecule has 0 unspecified atom stereocenters. The van der Waals surface area contributed by atoms with E-state index < -0.39 is 8.32 Å². The van der Waals surface area contributed by atoms with Crippen molar-refractivity contribution in [3.63, 3.8) is 0 Å². The molecular formula is C31H64O7Si. The zero-order valence-corrected chi connectivity index (χ0v) is 27.2. The van der Waals surface area contributed by atoms with E-state index in [0.29, 0.717) is 72.5 Å². The molecule has 0 aromatic heterocycles. The van der Waals surface area contributed by atoms with Crippen LogP contribution in [0.2, 0.25) is 19.6 Å². The van der Waals surface area contributed by atoms with Gasteiger partial charge in [-0.25, -0.2) is 0 Å². The van der Waals surface area contributed by atoms with Crippen LogP contribution in [-0.2, 0) is 32.9 Å². The summed E-state index contributed by atoms with van der Waals surface area (Å²) in [5.74, 6) is -0.116. The summed E-state index contributed by atoms with van der Waals surface area (Å²) in [7, 11) is -1.44. The van der Waals surface area contributed by atoms with Crippen molar-refractivity contribution in [1.82, 2.24) is 0 Å². The zero-order chi connectivity index (χ0) is 28.7. The Morgan fingerprint density at radius 1 is 0.462 bits per heavy atom. The van der Waals surface area contributed by atoms with Crippen LogP contribution in [0.1, 0.15) is 110 Å². The van der Waals surface area contributed by atoms with Crippen molar-refractivity contribution in [2.75, 3.05) is 66.1 Å². The number of rotatable bonds is 32. The molecule has 0 saturated carbocycles. The molecule has 0 bridgehead atoms. The molecule has 0 aliphatic heterocycles. The average molecular weight is 577 g/mol. The maximum atomic E-state index is 11.8. The van der Waals surface area contributed by atoms with Gasteiger partial charge >= 0.3 is 5.97 Å². The maximum absolute atomic E-state index is 11.8. The van der Waals surface area contributed by atoms with Crippen LogP contribution >= 0.6 is 0 Å². The van der Waals surface area contributed by atoms with Crippen molar-refractivity contribution < 1.29 is 32.9 Å². The first-order valence-electron chi connectivity index (χ1n) is 16.1. The van der Waals surface area contributed by atoms with Crippen molar-refractivity contribution in [3.05, 3.63) is 0 Å². The van der Waals surface area contributed by atoms with Gasteiger partial charge in [0.05, 0.1) is 59.5 Å². The fourth-order valence-electron chi connectivity index (χ4n) is 4.10. The lowest BCUT2D eigenvalue weighted by Gasteiger charge is -2.16. The highest BCUT2D eigenvalue weighted by molar-refractivity contribution is 6.69. The van der Waals surface area contributed by atoms with E-state index in [9.17, 15) is 4.79 Å². The first-order valence-corrected chi connectivity index (χ1v) is 19.5. The van der Waals surface area contributed by atoms with Crippen LogP contribution in [0.4, 0.5) is 0 Å². The number of carbonyl (C=O) groups excluding carboxylic acids is 1. The standard InChI is InChI=1S/C31H64O7Si/c1-5-6-7-8-9-10-11-12-13-14-15-16-17-18-19-20-31(32)37-29-27-35-25-23-33-21-22-34-24-26-36-28-30-38-39(2,3)4/h5-30H2,1-4H3. The van der Waals surface area contributed by atoms with E-state index in [0.717, 1.165) is 12.8 Å². The highest BCUT2D eigenvalue weighted by Gasteiger charge is 2.13. The predicted molar refractivity (Wildman–Crippen MR) is 163 cm³/mol. The number of hydrogen-bond donors (Lipinski definition) is 0. The Morgan fingerprint density at radius 2 is 0.795 bits per heavy atom. The number of esters is 1. The normalized spacial score (nSPS) is 11.8. The second kappa shape index (κ2) is 30.4. The molecule has 0 spiro atoms. The number of carbonyl (C=O) groups is 1. The summed E-state index contributed by atoms with van der Waals surface area (Å²) in [6, 6.07) is 0. The van der Waals surface area contributed by atoms with E-state index in [1.54, 1.807) is 0 Å². The summed E-state index contributed by atoms with van der Waals surface area (Å²) < 4.78 is 32.8. The molecular weight excluding hydrogens is 512 g/mol. The van der Waals surface area contributed by atoms with E-state index in [1.807, 2.05) is 0 Å². The van der Waals surface area contributed by atoms with Gasteiger partial charge in [-0.1, -0.05) is 96.8 Å². The Hall–Kier alpha value is -0.513. The predicted octanol–water partition coefficient (Wildman–Crippen LogP) is 7.71. The molecule has 39 heavy (non-hydrogen) atoms. The minimum Gasteiger partial charge on any atom is -0.463 e. The van der Waals surface area contributed by atoms with Gasteiger partial charge in [0, 0.05) is 6.42 Å². The van der Waals surface area contributed by atoms with Gasteiger partial charge in [-0.2, -0.15) is 0 Å². The van der Waals surface area contributed by atoms with E-state index >= 15 is 0 Å². The Kier molecular flexibility index (Phi) is 30.0. The van der Waals surface area contributed by atoms with E-state index in [2.05, 4.69) is 26.6 Å². The number of ether oxygens (including phenoxy) is 5. The minimum absolute atomic E-state index is 0.116. The first kappa shape index (κ1) is 38.5. The van der Waals surface area contributed by atoms with Crippen molar-refractivity contribution in [2.24, 2.45) is 0 Å². The SMILES string of the molecule is CCCCCCCCCCCCCCCCCC(=O)OCCOCCOCCOCCOCCO[Si](C)(C)C. The summed E-state index contributed by atoms with van der Waals surface area (Å²) in [6.45, 7) is 13.9. The molecule has 0 N–H and O–H groups in total. The van der Waals surface area contributed by atoms with Gasteiger partial charge in [-0.3, -0.25) is 4.79 Å². The van der Waals surface area contributed by atoms with Crippen LogP contribution in [-0.4, -0.2) is 80.4 Å². The highest BCUT2D eigenvalue weighted by atomic mass is 28.4. The molecule has 0 atom stereocenters. The van der Waals surface area contributed by atoms with Crippen molar-refractivity contribution in [1.29, 1.82) is 0 Å². The molecule has 0 aromatic rings. The molecule has 0 aromatic carbocycles. The monoisotopic (exact) mass is 576 g/mol. The Labute approximate surface area is 242 Å². The van der Waals surface area contributed by atoms with Crippen molar-refractivity contribution >= 4 is 14.3 Å². The van der Waals surface area contributed by atoms with Gasteiger partial charge in [-0.05, 0) is 26.1 Å². The lowest BCUT2D eigenvalue weighted by atomic mass is 10.0. The van der Waals surface area contributed by atoms with Gasteiger partial charge in [0.2, 0.25) is 0 Å². The lowest BCUT2D eigenvalue weighted by molar-refractivity contribution is -0.145. The third-order valence-electron chi connectivity index (χ3n) is 6.35. The quantitative estimate of drug-likeness (QED) is 0.0461. The topological polar surface area (TPSA) is 72.5 Å². The fourth-order valence-corrected chi connectivity index (χ4v) is 4.79. The molecule has 0 aliphatic carbocycles. The number of unbranched alkanes of at least 4 members (excludes halogenated alkanes) is 14. The van der Waals surface area contributed by atoms with Crippen molar-refractivity contribution in [2.45, 2.75) is 129 Å². The van der Waals surface area contributed by atoms with Gasteiger partial charge in [0.1, 0.15) is 6.61 Å². The van der Waals surface area contributed by atoms with E-state index in [4.69, 9.17) is 28.1 Å². The molecule has 0 aliphatic rings. The van der Waals surface area contributed by atoms with Crippen LogP contribution in [0.3, 0.4) is 0 Å². The van der Waals surface area contributed by atoms with Gasteiger partial charge in [0.15, 0.2) is 8.32 Å². The summed E-state index contributed by atoms with van der Waals surface area (Å²) in [4.78, 5) is 11.8. The minimum atomic E-state index is -1.44. The fraction of sp³-hybridized carbons (Fsp3) is 0.968. The second-order valence-corrected chi connectivity index (χ2v) is 15.8. The first-order chi connectivity index (χ1) is 19.0. The van der Waals surface area contributed by atoms with Crippen LogP contribution in [0.5, 0.6) is 0 Å². The van der Waals surface area contributed by atoms with Crippen LogP contribution < -0.4 is 0 Å². The highest BCUT2D eigenvalue weighted by Crippen LogP contribution is 2.13. The van der Waals surface area contributed by atoms with Crippen LogP contribution in [0, 0.1) is 0 Å². The molecule has 0 radical (unpaired) electrons. The molecule has 8 heteroatoms. The molecule has 7 nitrogen and oxygen atoms in total. The smallest absolute Gasteiger partial charge is 0.305 e. The molecule has 0 saturated heterocycles. The summed E-state index contributed by atoms with van der Waals surface area (Å²) >= 11 is 0. The average Bonchev–Trinajstić information content (AvgIpc) is 2.90. The van der Waals surface area contributed by atoms with Gasteiger partial charge in [-0.15, -0.1) is 0 Å². The molecule has 0 amide bonds. The molecule has 0 heterocycles. The van der Waals surface area contributed by atoms with Crippen LogP contribution in [0.15, 0.2) is 0 Å². The molecule has 234 valence electrons. The molecule has 0 rings (SSSR count). The third-order valence-corrected chi connectivity index (χ3v) is 7.42. The molecule has 0 fully saturated rings. The Balaban J connectivity index is 3.17. The Bertz CT molecular complexity index is 500. The lowest BCUT2D eigenvalue weighted by Crippen LogP contribution is -2.27. The Morgan fingerprint density at radius 3 is 1.18 bits per heavy atom. The zero-order valence-electron chi connectivity index (χ0n) is 26.2. The largest absolute Gasteiger partial charge is 0.463 e. The van der Waals surface area contributed by atoms with Crippen LogP contribution in [0.25, 0.3) is 0 Å². The van der Waals surface area contributed by atoms with E-state index in [1.165, 1.54) is 83.5 Å². The van der Waals surface area contributed by atoms with Crippen molar-refractivity contribution in [3.8, 4) is 0 Å². The number of hydrogen-bond acceptors (Lipinski definition) is 7.